The summed E-state index contributed by atoms with van der Waals surface area (Å²) in [6.07, 6.45) is 2.55. The van der Waals surface area contributed by atoms with Crippen molar-refractivity contribution in [1.29, 1.82) is 0 Å². The van der Waals surface area contributed by atoms with E-state index in [0.29, 0.717) is 6.54 Å². The first-order valence-electron chi connectivity index (χ1n) is 5.17. The number of carbonyl (C=O) groups excluding carboxylic acids is 1. The third-order valence-electron chi connectivity index (χ3n) is 2.36. The Morgan fingerprint density at radius 2 is 2.19 bits per heavy atom. The standard InChI is InChI=1S/C11H16N2O3/c1-13(10(14)4-5-11(15)16)8-6-9-3-2-7-12-9/h2-3,7,12H,4-6,8H2,1H3,(H,15,16). The summed E-state index contributed by atoms with van der Waals surface area (Å²) in [4.78, 5) is 26.4. The molecule has 0 bridgehead atoms. The minimum atomic E-state index is -0.939. The van der Waals surface area contributed by atoms with Crippen LogP contribution in [0.4, 0.5) is 0 Å². The van der Waals surface area contributed by atoms with Crippen LogP contribution in [0.15, 0.2) is 18.3 Å². The number of rotatable bonds is 6. The fraction of sp³-hybridized carbons (Fsp3) is 0.455. The summed E-state index contributed by atoms with van der Waals surface area (Å²) in [6.45, 7) is 0.596. The van der Waals surface area contributed by atoms with Gasteiger partial charge < -0.3 is 15.0 Å². The Kier molecular flexibility index (Phi) is 4.57. The van der Waals surface area contributed by atoms with Crippen molar-refractivity contribution in [3.05, 3.63) is 24.0 Å². The zero-order valence-electron chi connectivity index (χ0n) is 9.27. The molecule has 0 saturated heterocycles. The maximum Gasteiger partial charge on any atom is 0.303 e. The lowest BCUT2D eigenvalue weighted by molar-refractivity contribution is -0.140. The Labute approximate surface area is 94.1 Å². The summed E-state index contributed by atoms with van der Waals surface area (Å²) < 4.78 is 0. The van der Waals surface area contributed by atoms with Crippen molar-refractivity contribution in [3.8, 4) is 0 Å². The number of amides is 1. The first-order chi connectivity index (χ1) is 7.59. The van der Waals surface area contributed by atoms with Crippen molar-refractivity contribution < 1.29 is 14.7 Å². The highest BCUT2D eigenvalue weighted by Crippen LogP contribution is 2.00. The quantitative estimate of drug-likeness (QED) is 0.753. The number of hydrogen-bond donors (Lipinski definition) is 2. The van der Waals surface area contributed by atoms with Crippen molar-refractivity contribution in [3.63, 3.8) is 0 Å². The summed E-state index contributed by atoms with van der Waals surface area (Å²) in [7, 11) is 1.69. The van der Waals surface area contributed by atoms with Crippen molar-refractivity contribution >= 4 is 11.9 Å². The predicted molar refractivity (Wildman–Crippen MR) is 59.0 cm³/mol. The zero-order chi connectivity index (χ0) is 12.0. The minimum Gasteiger partial charge on any atom is -0.481 e. The molecule has 0 unspecified atom stereocenters. The van der Waals surface area contributed by atoms with E-state index in [2.05, 4.69) is 4.98 Å². The van der Waals surface area contributed by atoms with Gasteiger partial charge in [-0.05, 0) is 12.1 Å². The summed E-state index contributed by atoms with van der Waals surface area (Å²) in [6, 6.07) is 3.86. The molecule has 0 saturated carbocycles. The molecule has 0 aliphatic rings. The van der Waals surface area contributed by atoms with Crippen LogP contribution in [0.3, 0.4) is 0 Å². The summed E-state index contributed by atoms with van der Waals surface area (Å²) in [5, 5.41) is 8.45. The molecule has 0 radical (unpaired) electrons. The zero-order valence-corrected chi connectivity index (χ0v) is 9.27. The maximum absolute atomic E-state index is 11.5. The van der Waals surface area contributed by atoms with Crippen LogP contribution in [0, 0.1) is 0 Å². The molecule has 1 aromatic rings. The van der Waals surface area contributed by atoms with Gasteiger partial charge in [0.1, 0.15) is 0 Å². The largest absolute Gasteiger partial charge is 0.481 e. The normalized spacial score (nSPS) is 10.1. The number of nitrogens with one attached hydrogen (secondary N) is 1. The maximum atomic E-state index is 11.5. The van der Waals surface area contributed by atoms with Crippen LogP contribution in [0.25, 0.3) is 0 Å². The van der Waals surface area contributed by atoms with Crippen molar-refractivity contribution in [1.82, 2.24) is 9.88 Å². The van der Waals surface area contributed by atoms with E-state index in [1.165, 1.54) is 0 Å². The first-order valence-corrected chi connectivity index (χ1v) is 5.17. The number of H-pyrrole nitrogens is 1. The Bertz CT molecular complexity index is 346. The number of carboxylic acids is 1. The molecule has 0 aliphatic heterocycles. The highest BCUT2D eigenvalue weighted by atomic mass is 16.4. The summed E-state index contributed by atoms with van der Waals surface area (Å²) >= 11 is 0. The molecule has 0 aliphatic carbocycles. The molecular weight excluding hydrogens is 208 g/mol. The molecule has 1 rings (SSSR count). The monoisotopic (exact) mass is 224 g/mol. The van der Waals surface area contributed by atoms with Gasteiger partial charge in [0, 0.05) is 38.3 Å². The molecule has 1 amide bonds. The van der Waals surface area contributed by atoms with Crippen LogP contribution in [0.5, 0.6) is 0 Å². The van der Waals surface area contributed by atoms with Crippen LogP contribution in [0.1, 0.15) is 18.5 Å². The Hall–Kier alpha value is -1.78. The third-order valence-corrected chi connectivity index (χ3v) is 2.36. The fourth-order valence-electron chi connectivity index (χ4n) is 1.34. The number of nitrogens with zero attached hydrogens (tertiary/aromatic N) is 1. The van der Waals surface area contributed by atoms with Crippen LogP contribution in [-0.4, -0.2) is 40.5 Å². The highest BCUT2D eigenvalue weighted by Gasteiger charge is 2.10. The molecule has 1 aromatic heterocycles. The fourth-order valence-corrected chi connectivity index (χ4v) is 1.34. The average Bonchev–Trinajstić information content (AvgIpc) is 2.75. The van der Waals surface area contributed by atoms with Crippen LogP contribution < -0.4 is 0 Å². The Morgan fingerprint density at radius 3 is 2.75 bits per heavy atom. The lowest BCUT2D eigenvalue weighted by atomic mass is 10.2. The molecule has 5 heteroatoms. The number of aromatic amines is 1. The second kappa shape index (κ2) is 5.95. The van der Waals surface area contributed by atoms with Gasteiger partial charge in [-0.2, -0.15) is 0 Å². The van der Waals surface area contributed by atoms with Gasteiger partial charge in [-0.3, -0.25) is 9.59 Å². The lowest BCUT2D eigenvalue weighted by Crippen LogP contribution is -2.29. The Balaban J connectivity index is 2.26. The average molecular weight is 224 g/mol. The van der Waals surface area contributed by atoms with Gasteiger partial charge in [-0.25, -0.2) is 0 Å². The first kappa shape index (κ1) is 12.3. The van der Waals surface area contributed by atoms with Crippen LogP contribution in [0.2, 0.25) is 0 Å². The van der Waals surface area contributed by atoms with E-state index >= 15 is 0 Å². The topological polar surface area (TPSA) is 73.4 Å². The van der Waals surface area contributed by atoms with Gasteiger partial charge in [0.2, 0.25) is 5.91 Å². The van der Waals surface area contributed by atoms with E-state index in [4.69, 9.17) is 5.11 Å². The second-order valence-electron chi connectivity index (χ2n) is 3.65. The number of hydrogen-bond acceptors (Lipinski definition) is 2. The molecule has 88 valence electrons. The van der Waals surface area contributed by atoms with Gasteiger partial charge in [-0.1, -0.05) is 0 Å². The molecular formula is C11H16N2O3. The van der Waals surface area contributed by atoms with Crippen molar-refractivity contribution in [2.75, 3.05) is 13.6 Å². The Morgan fingerprint density at radius 1 is 1.44 bits per heavy atom. The number of carbonyl (C=O) groups is 2. The van der Waals surface area contributed by atoms with E-state index in [1.54, 1.807) is 11.9 Å². The number of carboxylic acid groups (broad SMARTS) is 1. The smallest absolute Gasteiger partial charge is 0.303 e. The second-order valence-corrected chi connectivity index (χ2v) is 3.65. The lowest BCUT2D eigenvalue weighted by Gasteiger charge is -2.16. The van der Waals surface area contributed by atoms with E-state index in [-0.39, 0.29) is 18.7 Å². The highest BCUT2D eigenvalue weighted by molar-refractivity contribution is 5.80. The van der Waals surface area contributed by atoms with E-state index in [9.17, 15) is 9.59 Å². The SMILES string of the molecule is CN(CCc1ccc[nH]1)C(=O)CCC(=O)O. The summed E-state index contributed by atoms with van der Waals surface area (Å²) in [5.41, 5.74) is 1.07. The molecule has 0 fully saturated rings. The van der Waals surface area contributed by atoms with Gasteiger partial charge in [0.05, 0.1) is 6.42 Å². The van der Waals surface area contributed by atoms with E-state index < -0.39 is 5.97 Å². The van der Waals surface area contributed by atoms with E-state index in [1.807, 2.05) is 18.3 Å². The van der Waals surface area contributed by atoms with Gasteiger partial charge >= 0.3 is 5.97 Å². The summed E-state index contributed by atoms with van der Waals surface area (Å²) in [5.74, 6) is -1.07. The van der Waals surface area contributed by atoms with Crippen LogP contribution >= 0.6 is 0 Å². The molecule has 0 aromatic carbocycles. The van der Waals surface area contributed by atoms with Crippen molar-refractivity contribution in [2.45, 2.75) is 19.3 Å². The van der Waals surface area contributed by atoms with Crippen molar-refractivity contribution in [2.24, 2.45) is 0 Å². The van der Waals surface area contributed by atoms with E-state index in [0.717, 1.165) is 12.1 Å². The van der Waals surface area contributed by atoms with Gasteiger partial charge in [0.25, 0.3) is 0 Å². The molecule has 2 N–H and O–H groups in total. The van der Waals surface area contributed by atoms with Crippen LogP contribution in [-0.2, 0) is 16.0 Å². The molecule has 0 atom stereocenters. The molecule has 16 heavy (non-hydrogen) atoms. The van der Waals surface area contributed by atoms with Gasteiger partial charge in [0.15, 0.2) is 0 Å². The number of aromatic nitrogens is 1. The van der Waals surface area contributed by atoms with Gasteiger partial charge in [-0.15, -0.1) is 0 Å². The molecule has 5 nitrogen and oxygen atoms in total. The number of likely N-dealkylation sites (N-methyl/N-ethyl adjacent to an activating group) is 1. The molecule has 0 spiro atoms. The predicted octanol–water partition coefficient (Wildman–Crippen LogP) is 0.880. The molecule has 1 heterocycles. The minimum absolute atomic E-state index is 0.0660. The third kappa shape index (κ3) is 4.16. The number of aliphatic carboxylic acids is 1.